The second-order valence-corrected chi connectivity index (χ2v) is 29.4. The van der Waals surface area contributed by atoms with Gasteiger partial charge in [-0.1, -0.05) is 413 Å². The molecule has 0 saturated heterocycles. The summed E-state index contributed by atoms with van der Waals surface area (Å²) in [5.41, 5.74) is 20.1. The van der Waals surface area contributed by atoms with Gasteiger partial charge in [-0.15, -0.1) is 0 Å². The quantitative estimate of drug-likeness (QED) is 0.113. The Bertz CT molecular complexity index is 7260. The fourth-order valence-corrected chi connectivity index (χ4v) is 17.3. The molecule has 0 spiro atoms. The summed E-state index contributed by atoms with van der Waals surface area (Å²) < 4.78 is 0. The third-order valence-corrected chi connectivity index (χ3v) is 22.6. The highest BCUT2D eigenvalue weighted by molar-refractivity contribution is 6.24. The summed E-state index contributed by atoms with van der Waals surface area (Å²) in [6, 6.07) is 151. The molecule has 6 nitrogen and oxygen atoms in total. The highest BCUT2D eigenvalue weighted by Gasteiger charge is 2.24. The van der Waals surface area contributed by atoms with Gasteiger partial charge in [0.25, 0.3) is 0 Å². The molecule has 116 heavy (non-hydrogen) atoms. The molecule has 0 radical (unpaired) electrons. The van der Waals surface area contributed by atoms with Crippen LogP contribution in [0.15, 0.2) is 425 Å². The molecule has 0 aliphatic heterocycles. The van der Waals surface area contributed by atoms with Crippen molar-refractivity contribution in [3.05, 3.63) is 425 Å². The van der Waals surface area contributed by atoms with E-state index in [0.29, 0.717) is 34.9 Å². The lowest BCUT2D eigenvalue weighted by molar-refractivity contribution is 1.08. The van der Waals surface area contributed by atoms with Crippen LogP contribution >= 0.6 is 0 Å². The van der Waals surface area contributed by atoms with Gasteiger partial charge in [-0.3, -0.25) is 0 Å². The Morgan fingerprint density at radius 2 is 0.328 bits per heavy atom. The van der Waals surface area contributed by atoms with Gasteiger partial charge in [0.05, 0.1) is 0 Å². The third-order valence-electron chi connectivity index (χ3n) is 22.6. The molecule has 0 amide bonds. The zero-order valence-corrected chi connectivity index (χ0v) is 63.1. The normalized spacial score (nSPS) is 11.4. The minimum Gasteiger partial charge on any atom is -0.208 e. The fourth-order valence-electron chi connectivity index (χ4n) is 17.3. The molecule has 0 saturated carbocycles. The van der Waals surface area contributed by atoms with E-state index in [1.54, 1.807) is 0 Å². The van der Waals surface area contributed by atoms with E-state index >= 15 is 0 Å². The topological polar surface area (TPSA) is 77.3 Å². The first-order valence-corrected chi connectivity index (χ1v) is 39.4. The summed E-state index contributed by atoms with van der Waals surface area (Å²) in [4.78, 5) is 31.4. The van der Waals surface area contributed by atoms with Crippen molar-refractivity contribution in [1.82, 2.24) is 29.9 Å². The third kappa shape index (κ3) is 12.5. The van der Waals surface area contributed by atoms with Crippen LogP contribution in [-0.4, -0.2) is 29.9 Å². The summed E-state index contributed by atoms with van der Waals surface area (Å²) in [6.45, 7) is 0. The Morgan fingerprint density at radius 1 is 0.112 bits per heavy atom. The second kappa shape index (κ2) is 29.6. The van der Waals surface area contributed by atoms with Crippen LogP contribution < -0.4 is 0 Å². The molecule has 0 N–H and O–H groups in total. The van der Waals surface area contributed by atoms with E-state index in [1.807, 2.05) is 0 Å². The van der Waals surface area contributed by atoms with E-state index < -0.39 is 0 Å². The number of nitrogens with zero attached hydrogens (tertiary/aromatic N) is 6. The van der Waals surface area contributed by atoms with E-state index in [0.717, 1.165) is 87.6 Å². The van der Waals surface area contributed by atoms with Crippen LogP contribution in [0, 0.1) is 0 Å². The molecule has 0 aliphatic carbocycles. The van der Waals surface area contributed by atoms with Crippen LogP contribution in [0.4, 0.5) is 0 Å². The Morgan fingerprint density at radius 3 is 0.681 bits per heavy atom. The maximum absolute atomic E-state index is 5.26. The van der Waals surface area contributed by atoms with Gasteiger partial charge in [0.1, 0.15) is 0 Å². The zero-order valence-electron chi connectivity index (χ0n) is 63.1. The highest BCUT2D eigenvalue weighted by Crippen LogP contribution is 2.49. The molecule has 22 aromatic rings. The largest absolute Gasteiger partial charge is 0.208 e. The van der Waals surface area contributed by atoms with Crippen LogP contribution in [0.25, 0.3) is 221 Å². The first-order valence-electron chi connectivity index (χ1n) is 39.4. The smallest absolute Gasteiger partial charge is 0.164 e. The van der Waals surface area contributed by atoms with Crippen molar-refractivity contribution in [2.24, 2.45) is 0 Å². The molecule has 6 heteroatoms. The molecule has 2 aromatic heterocycles. The molecule has 0 atom stereocenters. The predicted octanol–water partition coefficient (Wildman–Crippen LogP) is 29.0. The molecule has 2 heterocycles. The monoisotopic (exact) mass is 1470 g/mol. The van der Waals surface area contributed by atoms with E-state index in [1.165, 1.54) is 98.7 Å². The highest BCUT2D eigenvalue weighted by atomic mass is 15.0. The second-order valence-electron chi connectivity index (χ2n) is 29.4. The number of hydrogen-bond donors (Lipinski definition) is 0. The summed E-state index contributed by atoms with van der Waals surface area (Å²) >= 11 is 0. The predicted molar refractivity (Wildman–Crippen MR) is 485 cm³/mol. The van der Waals surface area contributed by atoms with Crippen LogP contribution in [-0.2, 0) is 0 Å². The van der Waals surface area contributed by atoms with Gasteiger partial charge in [-0.2, -0.15) is 0 Å². The van der Waals surface area contributed by atoms with E-state index in [4.69, 9.17) is 29.9 Å². The molecule has 0 aliphatic rings. The van der Waals surface area contributed by atoms with Gasteiger partial charge in [-0.05, 0) is 165 Å². The number of aromatic nitrogens is 6. The van der Waals surface area contributed by atoms with Crippen molar-refractivity contribution in [3.8, 4) is 135 Å². The summed E-state index contributed by atoms with van der Waals surface area (Å²) in [5.74, 6) is 3.85. The zero-order chi connectivity index (χ0) is 76.8. The maximum Gasteiger partial charge on any atom is 0.164 e. The van der Waals surface area contributed by atoms with Gasteiger partial charge >= 0.3 is 0 Å². The lowest BCUT2D eigenvalue weighted by atomic mass is 9.83. The van der Waals surface area contributed by atoms with Crippen molar-refractivity contribution >= 4 is 86.2 Å². The van der Waals surface area contributed by atoms with Crippen molar-refractivity contribution in [1.29, 1.82) is 0 Å². The summed E-state index contributed by atoms with van der Waals surface area (Å²) in [7, 11) is 0. The number of hydrogen-bond acceptors (Lipinski definition) is 6. The molecule has 0 fully saturated rings. The maximum atomic E-state index is 5.26. The van der Waals surface area contributed by atoms with Crippen LogP contribution in [0.1, 0.15) is 0 Å². The average molecular weight is 1480 g/mol. The van der Waals surface area contributed by atoms with E-state index in [9.17, 15) is 0 Å². The van der Waals surface area contributed by atoms with Crippen molar-refractivity contribution in [2.75, 3.05) is 0 Å². The molecule has 20 aromatic carbocycles. The molecule has 0 unspecified atom stereocenters. The van der Waals surface area contributed by atoms with Gasteiger partial charge < -0.3 is 0 Å². The van der Waals surface area contributed by atoms with Crippen LogP contribution in [0.3, 0.4) is 0 Å². The molecular formula is C110H70N6. The minimum atomic E-state index is 0.629. The summed E-state index contributed by atoms with van der Waals surface area (Å²) in [5, 5.41) is 18.6. The van der Waals surface area contributed by atoms with Crippen molar-refractivity contribution in [2.45, 2.75) is 0 Å². The molecule has 22 rings (SSSR count). The number of benzene rings is 20. The van der Waals surface area contributed by atoms with E-state index in [-0.39, 0.29) is 0 Å². The van der Waals surface area contributed by atoms with Gasteiger partial charge in [-0.25, -0.2) is 29.9 Å². The Kier molecular flexibility index (Phi) is 17.5. The molecular weight excluding hydrogens is 1410 g/mol. The van der Waals surface area contributed by atoms with Gasteiger partial charge in [0.2, 0.25) is 0 Å². The van der Waals surface area contributed by atoms with Crippen LogP contribution in [0.5, 0.6) is 0 Å². The van der Waals surface area contributed by atoms with Gasteiger partial charge in [0, 0.05) is 33.4 Å². The molecule has 0 bridgehead atoms. The Hall–Kier alpha value is -15.5. The lowest BCUT2D eigenvalue weighted by Crippen LogP contribution is -2.01. The Labute approximate surface area is 671 Å². The summed E-state index contributed by atoms with van der Waals surface area (Å²) in [6.07, 6.45) is 0. The minimum absolute atomic E-state index is 0.629. The number of rotatable bonds is 12. The van der Waals surface area contributed by atoms with Gasteiger partial charge in [0.15, 0.2) is 34.9 Å². The SMILES string of the molecule is c1ccc(-c2ccc(-c3c4ccccc4c(-c4cccc(-c5nc(-c6cccc7ccccc67)nc(-c6cccc7ccccc67)n5)c4)c4ccccc34)cc2)cc1.c1ccc(-c2ccccc2-c2c3ccccc3c(-c3cccc(-c4nc(-c5cccc6ccccc56)nc(-c5cccc6ccccc56)n4)c3)c3ccccc23)cc1. The lowest BCUT2D eigenvalue weighted by Gasteiger charge is -2.20. The first kappa shape index (κ1) is 68.5. The standard InChI is InChI=1S/2C55H35N3/c1-2-15-36(16-3-1)37-31-33-40(34-32-37)51-45-25-8-10-27-47(45)52(48-28-11-9-26-46(48)51)41-21-12-22-42(35-41)53-56-54(49-29-13-19-38-17-4-6-23-43(38)49)58-55(57-53)50-30-14-20-39-18-5-7-24-44(39)50;1-2-17-36(18-3-1)41-25-8-9-28-44(41)52-47-31-12-10-29-45(47)51(46-30-11-13-32-48(46)52)39-23-14-24-40(35-39)53-56-54(49-33-15-21-37-19-4-6-26-42(37)49)58-55(57-53)50-34-16-22-38-20-5-7-27-43(38)50/h2*1-35H. The number of fused-ring (bicyclic) bond motifs is 8. The first-order chi connectivity index (χ1) is 57.5. The fraction of sp³-hybridized carbons (Fsp3) is 0. The Balaban J connectivity index is 0.000000145. The average Bonchev–Trinajstić information content (AvgIpc) is 0.723. The van der Waals surface area contributed by atoms with Crippen molar-refractivity contribution in [3.63, 3.8) is 0 Å². The van der Waals surface area contributed by atoms with Crippen molar-refractivity contribution < 1.29 is 0 Å². The molecule has 540 valence electrons. The van der Waals surface area contributed by atoms with E-state index in [2.05, 4.69) is 425 Å². The van der Waals surface area contributed by atoms with Crippen LogP contribution in [0.2, 0.25) is 0 Å².